The number of halogens is 4. The van der Waals surface area contributed by atoms with Gasteiger partial charge in [0.05, 0.1) is 11.0 Å². The SMILES string of the molecule is CCC1(c2cccc(C(F)(F)F)c2)C2=C(CC(C)(C)CC2=O)NC2N=NC(Br)=C21. The van der Waals surface area contributed by atoms with Crippen LogP contribution in [0.1, 0.15) is 51.2 Å². The van der Waals surface area contributed by atoms with Crippen molar-refractivity contribution >= 4 is 21.7 Å². The number of nitrogens with one attached hydrogen (secondary N) is 1. The highest BCUT2D eigenvalue weighted by Gasteiger charge is 2.54. The number of carbonyl (C=O) groups is 1. The van der Waals surface area contributed by atoms with Crippen molar-refractivity contribution in [3.8, 4) is 0 Å². The summed E-state index contributed by atoms with van der Waals surface area (Å²) in [6, 6.07) is 5.29. The van der Waals surface area contributed by atoms with Crippen LogP contribution in [0.5, 0.6) is 0 Å². The van der Waals surface area contributed by atoms with Crippen molar-refractivity contribution in [2.75, 3.05) is 0 Å². The minimum atomic E-state index is -4.47. The summed E-state index contributed by atoms with van der Waals surface area (Å²) in [6.45, 7) is 5.93. The van der Waals surface area contributed by atoms with Crippen LogP contribution in [-0.2, 0) is 16.4 Å². The number of nitrogens with zero attached hydrogens (tertiary/aromatic N) is 2. The molecule has 0 saturated heterocycles. The molecule has 0 spiro atoms. The van der Waals surface area contributed by atoms with Gasteiger partial charge in [0.1, 0.15) is 4.61 Å². The van der Waals surface area contributed by atoms with E-state index in [1.165, 1.54) is 6.07 Å². The highest BCUT2D eigenvalue weighted by molar-refractivity contribution is 9.11. The van der Waals surface area contributed by atoms with Crippen LogP contribution in [0.25, 0.3) is 0 Å². The summed E-state index contributed by atoms with van der Waals surface area (Å²) in [5.41, 5.74) is 0.487. The molecule has 3 aliphatic rings. The Labute approximate surface area is 175 Å². The van der Waals surface area contributed by atoms with Gasteiger partial charge in [-0.25, -0.2) is 0 Å². The van der Waals surface area contributed by atoms with Crippen molar-refractivity contribution in [2.45, 2.75) is 57.8 Å². The Morgan fingerprint density at radius 2 is 2.00 bits per heavy atom. The molecule has 154 valence electrons. The minimum Gasteiger partial charge on any atom is -0.362 e. The molecule has 4 nitrogen and oxygen atoms in total. The second-order valence-electron chi connectivity index (χ2n) is 8.60. The lowest BCUT2D eigenvalue weighted by Gasteiger charge is -2.48. The molecule has 0 aromatic heterocycles. The van der Waals surface area contributed by atoms with E-state index in [1.807, 2.05) is 20.8 Å². The van der Waals surface area contributed by atoms with Crippen molar-refractivity contribution in [1.82, 2.24) is 5.32 Å². The van der Waals surface area contributed by atoms with E-state index in [4.69, 9.17) is 0 Å². The van der Waals surface area contributed by atoms with Gasteiger partial charge in [0, 0.05) is 23.3 Å². The molecular weight excluding hydrogens is 447 g/mol. The lowest BCUT2D eigenvalue weighted by atomic mass is 9.58. The third-order valence-electron chi connectivity index (χ3n) is 6.04. The number of hydrogen-bond acceptors (Lipinski definition) is 4. The summed E-state index contributed by atoms with van der Waals surface area (Å²) < 4.78 is 40.9. The number of hydrogen-bond donors (Lipinski definition) is 1. The number of fused-ring (bicyclic) bond motifs is 1. The molecule has 0 fully saturated rings. The Balaban J connectivity index is 2.03. The molecule has 0 bridgehead atoms. The van der Waals surface area contributed by atoms with Crippen molar-refractivity contribution in [2.24, 2.45) is 15.6 Å². The van der Waals surface area contributed by atoms with Crippen molar-refractivity contribution in [3.63, 3.8) is 0 Å². The van der Waals surface area contributed by atoms with E-state index in [0.29, 0.717) is 40.6 Å². The lowest BCUT2D eigenvalue weighted by Crippen LogP contribution is -2.51. The van der Waals surface area contributed by atoms with Gasteiger partial charge in [-0.05, 0) is 45.8 Å². The zero-order valence-electron chi connectivity index (χ0n) is 16.3. The fourth-order valence-electron chi connectivity index (χ4n) is 4.91. The first kappa shape index (κ1) is 20.3. The first-order valence-electron chi connectivity index (χ1n) is 9.52. The second kappa shape index (κ2) is 6.52. The molecular formula is C21H21BrF3N3O. The Kier molecular flexibility index (Phi) is 4.57. The second-order valence-corrected chi connectivity index (χ2v) is 9.35. The first-order valence-corrected chi connectivity index (χ1v) is 10.3. The zero-order chi connectivity index (χ0) is 21.2. The third kappa shape index (κ3) is 3.07. The molecule has 8 heteroatoms. The predicted molar refractivity (Wildman–Crippen MR) is 106 cm³/mol. The van der Waals surface area contributed by atoms with E-state index in [-0.39, 0.29) is 11.2 Å². The lowest BCUT2D eigenvalue weighted by molar-refractivity contribution is -0.137. The topological polar surface area (TPSA) is 53.8 Å². The molecule has 0 radical (unpaired) electrons. The van der Waals surface area contributed by atoms with E-state index in [0.717, 1.165) is 17.8 Å². The van der Waals surface area contributed by atoms with Crippen LogP contribution in [-0.4, -0.2) is 11.9 Å². The van der Waals surface area contributed by atoms with E-state index >= 15 is 0 Å². The maximum atomic E-state index is 13.5. The Hall–Kier alpha value is -1.96. The molecule has 0 saturated carbocycles. The first-order chi connectivity index (χ1) is 13.5. The average Bonchev–Trinajstić information content (AvgIpc) is 2.99. The van der Waals surface area contributed by atoms with Crippen LogP contribution >= 0.6 is 15.9 Å². The molecule has 2 aliphatic heterocycles. The molecule has 2 unspecified atom stereocenters. The number of benzene rings is 1. The summed E-state index contributed by atoms with van der Waals surface area (Å²) in [6.07, 6.45) is -3.57. The minimum absolute atomic E-state index is 0.0406. The Morgan fingerprint density at radius 3 is 2.66 bits per heavy atom. The largest absolute Gasteiger partial charge is 0.416 e. The fourth-order valence-corrected chi connectivity index (χ4v) is 5.56. The van der Waals surface area contributed by atoms with E-state index in [9.17, 15) is 18.0 Å². The average molecular weight is 468 g/mol. The number of Topliss-reactive ketones (excluding diaryl/α,β-unsaturated/α-hetero) is 1. The van der Waals surface area contributed by atoms with Gasteiger partial charge in [-0.1, -0.05) is 39.0 Å². The van der Waals surface area contributed by atoms with Crippen molar-refractivity contribution in [1.29, 1.82) is 0 Å². The monoisotopic (exact) mass is 467 g/mol. The van der Waals surface area contributed by atoms with Crippen molar-refractivity contribution < 1.29 is 18.0 Å². The van der Waals surface area contributed by atoms with E-state index in [1.54, 1.807) is 6.07 Å². The van der Waals surface area contributed by atoms with E-state index in [2.05, 4.69) is 31.5 Å². The fraction of sp³-hybridized carbons (Fsp3) is 0.476. The summed E-state index contributed by atoms with van der Waals surface area (Å²) in [4.78, 5) is 13.3. The Morgan fingerprint density at radius 1 is 1.28 bits per heavy atom. The molecule has 1 aromatic rings. The van der Waals surface area contributed by atoms with Gasteiger partial charge in [-0.3, -0.25) is 4.79 Å². The number of azo groups is 1. The number of allylic oxidation sites excluding steroid dienone is 2. The van der Waals surface area contributed by atoms with Crippen molar-refractivity contribution in [3.05, 3.63) is 56.8 Å². The number of carbonyl (C=O) groups excluding carboxylic acids is 1. The van der Waals surface area contributed by atoms with Crippen LogP contribution in [0.3, 0.4) is 0 Å². The molecule has 1 aromatic carbocycles. The predicted octanol–water partition coefficient (Wildman–Crippen LogP) is 6.00. The smallest absolute Gasteiger partial charge is 0.362 e. The van der Waals surface area contributed by atoms with Crippen LogP contribution in [0, 0.1) is 5.41 Å². The zero-order valence-corrected chi connectivity index (χ0v) is 17.9. The van der Waals surface area contributed by atoms with Gasteiger partial charge >= 0.3 is 6.18 Å². The van der Waals surface area contributed by atoms with Gasteiger partial charge in [-0.2, -0.15) is 18.3 Å². The summed E-state index contributed by atoms with van der Waals surface area (Å²) in [5, 5.41) is 11.7. The highest BCUT2D eigenvalue weighted by atomic mass is 79.9. The highest BCUT2D eigenvalue weighted by Crippen LogP contribution is 2.55. The molecule has 4 rings (SSSR count). The maximum absolute atomic E-state index is 13.5. The number of rotatable bonds is 2. The quantitative estimate of drug-likeness (QED) is 0.542. The molecule has 29 heavy (non-hydrogen) atoms. The molecule has 2 heterocycles. The molecule has 1 N–H and O–H groups in total. The molecule has 0 amide bonds. The van der Waals surface area contributed by atoms with E-state index < -0.39 is 23.3 Å². The van der Waals surface area contributed by atoms with Crippen LogP contribution in [0.2, 0.25) is 0 Å². The third-order valence-corrected chi connectivity index (χ3v) is 6.63. The molecule has 2 atom stereocenters. The normalized spacial score (nSPS) is 28.4. The van der Waals surface area contributed by atoms with Gasteiger partial charge in [0.2, 0.25) is 0 Å². The van der Waals surface area contributed by atoms with Crippen LogP contribution in [0.15, 0.2) is 55.9 Å². The van der Waals surface area contributed by atoms with Crippen LogP contribution < -0.4 is 5.32 Å². The van der Waals surface area contributed by atoms with Crippen LogP contribution in [0.4, 0.5) is 13.2 Å². The summed E-state index contributed by atoms with van der Waals surface area (Å²) in [5.74, 6) is -0.0406. The number of alkyl halides is 3. The van der Waals surface area contributed by atoms with Gasteiger partial charge < -0.3 is 5.32 Å². The standard InChI is InChI=1S/C21H21BrF3N3O/c1-4-20(11-6-5-7-12(8-11)21(23,24)25)15-13(9-19(2,3)10-14(15)29)26-18-16(20)17(22)27-28-18/h5-8,18,26H,4,9-10H2,1-3H3. The molecule has 1 aliphatic carbocycles. The van der Waals surface area contributed by atoms with Gasteiger partial charge in [0.25, 0.3) is 0 Å². The van der Waals surface area contributed by atoms with Gasteiger partial charge in [0.15, 0.2) is 11.9 Å². The Bertz CT molecular complexity index is 993. The summed E-state index contributed by atoms with van der Waals surface area (Å²) >= 11 is 3.43. The summed E-state index contributed by atoms with van der Waals surface area (Å²) in [7, 11) is 0. The maximum Gasteiger partial charge on any atom is 0.416 e. The number of ketones is 1. The van der Waals surface area contributed by atoms with Gasteiger partial charge in [-0.15, -0.1) is 5.11 Å².